The van der Waals surface area contributed by atoms with Gasteiger partial charge in [0.05, 0.1) is 11.4 Å². The van der Waals surface area contributed by atoms with Crippen molar-refractivity contribution < 1.29 is 9.18 Å². The minimum absolute atomic E-state index is 0.119. The van der Waals surface area contributed by atoms with E-state index in [4.69, 9.17) is 5.10 Å². The van der Waals surface area contributed by atoms with Crippen molar-refractivity contribution in [2.75, 3.05) is 0 Å². The summed E-state index contributed by atoms with van der Waals surface area (Å²) in [6, 6.07) is 6.92. The van der Waals surface area contributed by atoms with Crippen LogP contribution in [0.5, 0.6) is 0 Å². The molecule has 1 fully saturated rings. The third-order valence-corrected chi connectivity index (χ3v) is 6.73. The number of hydrogen-bond donors (Lipinski definition) is 0. The zero-order chi connectivity index (χ0) is 18.0. The second kappa shape index (κ2) is 5.26. The Morgan fingerprint density at radius 2 is 1.92 bits per heavy atom. The van der Waals surface area contributed by atoms with E-state index in [2.05, 4.69) is 20.8 Å². The molecule has 1 saturated carbocycles. The number of fused-ring (bicyclic) bond motifs is 3. The van der Waals surface area contributed by atoms with Gasteiger partial charge in [-0.05, 0) is 37.3 Å². The van der Waals surface area contributed by atoms with Crippen molar-refractivity contribution in [2.24, 2.45) is 18.4 Å². The topological polar surface area (TPSA) is 34.9 Å². The van der Waals surface area contributed by atoms with Gasteiger partial charge in [0.15, 0.2) is 0 Å². The summed E-state index contributed by atoms with van der Waals surface area (Å²) in [6.45, 7) is 6.42. The molecule has 4 rings (SSSR count). The van der Waals surface area contributed by atoms with Gasteiger partial charge < -0.3 is 0 Å². The molecule has 1 aromatic heterocycles. The van der Waals surface area contributed by atoms with E-state index in [0.29, 0.717) is 17.8 Å². The fraction of sp³-hybridized carbons (Fsp3) is 0.524. The summed E-state index contributed by atoms with van der Waals surface area (Å²) in [5, 5.41) is 4.85. The van der Waals surface area contributed by atoms with E-state index < -0.39 is 0 Å². The Hall–Kier alpha value is -1.97. The number of rotatable bonds is 1. The Morgan fingerprint density at radius 3 is 2.64 bits per heavy atom. The molecule has 3 nitrogen and oxygen atoms in total. The van der Waals surface area contributed by atoms with Gasteiger partial charge in [0.1, 0.15) is 11.6 Å². The van der Waals surface area contributed by atoms with Crippen molar-refractivity contribution >= 4 is 5.78 Å². The highest BCUT2D eigenvalue weighted by molar-refractivity contribution is 5.86. The Labute approximate surface area is 148 Å². The maximum atomic E-state index is 14.4. The highest BCUT2D eigenvalue weighted by Gasteiger charge is 2.55. The van der Waals surface area contributed by atoms with Crippen LogP contribution in [0.2, 0.25) is 0 Å². The van der Waals surface area contributed by atoms with Crippen LogP contribution in [0.3, 0.4) is 0 Å². The second-order valence-electron chi connectivity index (χ2n) is 8.43. The lowest BCUT2D eigenvalue weighted by atomic mass is 9.51. The molecule has 0 radical (unpaired) electrons. The summed E-state index contributed by atoms with van der Waals surface area (Å²) in [5.74, 6) is 0.445. The van der Waals surface area contributed by atoms with E-state index in [1.807, 2.05) is 23.9 Å². The molecule has 0 saturated heterocycles. The van der Waals surface area contributed by atoms with Crippen LogP contribution in [0.25, 0.3) is 11.3 Å². The van der Waals surface area contributed by atoms with Gasteiger partial charge in [0, 0.05) is 35.4 Å². The van der Waals surface area contributed by atoms with Crippen LogP contribution in [0.15, 0.2) is 24.3 Å². The van der Waals surface area contributed by atoms with E-state index in [9.17, 15) is 9.18 Å². The predicted molar refractivity (Wildman–Crippen MR) is 95.8 cm³/mol. The zero-order valence-corrected chi connectivity index (χ0v) is 15.4. The van der Waals surface area contributed by atoms with Crippen molar-refractivity contribution in [3.8, 4) is 11.3 Å². The number of aromatic nitrogens is 2. The highest BCUT2D eigenvalue weighted by atomic mass is 19.1. The van der Waals surface area contributed by atoms with Gasteiger partial charge in [-0.25, -0.2) is 4.39 Å². The molecule has 0 bridgehead atoms. The van der Waals surface area contributed by atoms with Crippen molar-refractivity contribution in [1.82, 2.24) is 9.78 Å². The van der Waals surface area contributed by atoms with Crippen molar-refractivity contribution in [3.05, 3.63) is 41.3 Å². The van der Waals surface area contributed by atoms with Crippen LogP contribution in [-0.4, -0.2) is 15.6 Å². The van der Waals surface area contributed by atoms with Crippen molar-refractivity contribution in [3.63, 3.8) is 0 Å². The molecule has 25 heavy (non-hydrogen) atoms. The molecule has 1 heterocycles. The van der Waals surface area contributed by atoms with Gasteiger partial charge in [0.2, 0.25) is 0 Å². The van der Waals surface area contributed by atoms with Gasteiger partial charge in [0.25, 0.3) is 0 Å². The maximum Gasteiger partial charge on any atom is 0.138 e. The summed E-state index contributed by atoms with van der Waals surface area (Å²) in [6.07, 6.45) is 3.24. The van der Waals surface area contributed by atoms with E-state index in [0.717, 1.165) is 36.2 Å². The van der Waals surface area contributed by atoms with Crippen molar-refractivity contribution in [1.29, 1.82) is 0 Å². The molecule has 0 amide bonds. The first-order chi connectivity index (χ1) is 11.8. The molecule has 0 aliphatic heterocycles. The summed E-state index contributed by atoms with van der Waals surface area (Å²) in [7, 11) is 1.90. The fourth-order valence-corrected chi connectivity index (χ4v) is 5.37. The van der Waals surface area contributed by atoms with Crippen LogP contribution < -0.4 is 0 Å². The minimum atomic E-state index is -0.319. The van der Waals surface area contributed by atoms with E-state index >= 15 is 0 Å². The van der Waals surface area contributed by atoms with Gasteiger partial charge in [-0.3, -0.25) is 9.48 Å². The lowest BCUT2D eigenvalue weighted by Crippen LogP contribution is -2.52. The predicted octanol–water partition coefficient (Wildman–Crippen LogP) is 4.44. The summed E-state index contributed by atoms with van der Waals surface area (Å²) < 4.78 is 16.3. The first-order valence-electron chi connectivity index (χ1n) is 9.11. The summed E-state index contributed by atoms with van der Waals surface area (Å²) in [4.78, 5) is 12.5. The fourth-order valence-electron chi connectivity index (χ4n) is 5.37. The number of Topliss-reactive ketones (excluding diaryl/α,β-unsaturated/α-hetero) is 1. The first-order valence-corrected chi connectivity index (χ1v) is 9.11. The van der Waals surface area contributed by atoms with Crippen LogP contribution >= 0.6 is 0 Å². The Bertz CT molecular complexity index is 867. The van der Waals surface area contributed by atoms with Gasteiger partial charge in [-0.15, -0.1) is 0 Å². The van der Waals surface area contributed by atoms with E-state index in [1.165, 1.54) is 6.07 Å². The monoisotopic (exact) mass is 340 g/mol. The third-order valence-electron chi connectivity index (χ3n) is 6.73. The molecule has 1 aromatic carbocycles. The minimum Gasteiger partial charge on any atom is -0.299 e. The molecule has 132 valence electrons. The van der Waals surface area contributed by atoms with Crippen LogP contribution in [0.4, 0.5) is 4.39 Å². The van der Waals surface area contributed by atoms with Gasteiger partial charge in [-0.1, -0.05) is 32.9 Å². The molecule has 2 aliphatic carbocycles. The molecule has 0 N–H and O–H groups in total. The van der Waals surface area contributed by atoms with Crippen molar-refractivity contribution in [2.45, 2.75) is 51.9 Å². The maximum absolute atomic E-state index is 14.4. The molecule has 2 atom stereocenters. The molecule has 0 spiro atoms. The number of ketones is 1. The normalized spacial score (nSPS) is 27.7. The molecular weight excluding hydrogens is 315 g/mol. The van der Waals surface area contributed by atoms with Crippen LogP contribution in [0, 0.1) is 17.2 Å². The average Bonchev–Trinajstić information content (AvgIpc) is 2.90. The Balaban J connectivity index is 1.90. The highest BCUT2D eigenvalue weighted by Crippen LogP contribution is 2.56. The smallest absolute Gasteiger partial charge is 0.138 e. The number of hydrogen-bond acceptors (Lipinski definition) is 2. The SMILES string of the molecule is Cn1nc2c(c1-c1ccccc1F)CC[C@H]1C(C)(C)C(=O)CC[C@]21C. The average molecular weight is 340 g/mol. The third kappa shape index (κ3) is 2.16. The number of carbonyl (C=O) groups excluding carboxylic acids is 1. The zero-order valence-electron chi connectivity index (χ0n) is 15.4. The van der Waals surface area contributed by atoms with E-state index in [-0.39, 0.29) is 22.6 Å². The number of halogens is 1. The molecule has 2 aromatic rings. The number of benzene rings is 1. The number of aryl methyl sites for hydroxylation is 1. The Kier molecular flexibility index (Phi) is 3.47. The summed E-state index contributed by atoms with van der Waals surface area (Å²) >= 11 is 0. The Morgan fingerprint density at radius 1 is 1.20 bits per heavy atom. The quantitative estimate of drug-likeness (QED) is 0.769. The second-order valence-corrected chi connectivity index (χ2v) is 8.43. The van der Waals surface area contributed by atoms with Gasteiger partial charge in [-0.2, -0.15) is 5.10 Å². The number of carbonyl (C=O) groups is 1. The number of nitrogens with zero attached hydrogens (tertiary/aromatic N) is 2. The molecule has 4 heteroatoms. The molecule has 0 unspecified atom stereocenters. The summed E-state index contributed by atoms with van der Waals surface area (Å²) in [5.41, 5.74) is 3.31. The first kappa shape index (κ1) is 16.5. The molecule has 2 aliphatic rings. The van der Waals surface area contributed by atoms with Gasteiger partial charge >= 0.3 is 0 Å². The standard InChI is InChI=1S/C21H25FN2O/c1-20(2)16-10-9-14-18(13-7-5-6-8-15(13)22)24(4)23-19(14)21(16,3)12-11-17(20)25/h5-8,16H,9-12H2,1-4H3/t16-,21-/m0/s1. The van der Waals surface area contributed by atoms with Crippen LogP contribution in [-0.2, 0) is 23.7 Å². The van der Waals surface area contributed by atoms with Crippen LogP contribution in [0.1, 0.15) is 51.3 Å². The molecular formula is C21H25FN2O. The van der Waals surface area contributed by atoms with E-state index in [1.54, 1.807) is 6.07 Å². The lowest BCUT2D eigenvalue weighted by Gasteiger charge is -2.51. The largest absolute Gasteiger partial charge is 0.299 e. The lowest BCUT2D eigenvalue weighted by molar-refractivity contribution is -0.137.